The van der Waals surface area contributed by atoms with Crippen LogP contribution in [-0.4, -0.2) is 44.9 Å². The van der Waals surface area contributed by atoms with Crippen molar-refractivity contribution in [1.82, 2.24) is 20.1 Å². The van der Waals surface area contributed by atoms with Crippen LogP contribution in [0.4, 0.5) is 0 Å². The molecule has 0 atom stereocenters. The van der Waals surface area contributed by atoms with Gasteiger partial charge in [0.1, 0.15) is 0 Å². The average molecular weight is 583 g/mol. The second-order valence-corrected chi connectivity index (χ2v) is 11.4. The Bertz CT molecular complexity index is 1780. The van der Waals surface area contributed by atoms with Crippen LogP contribution in [0.2, 0.25) is 5.02 Å². The number of hydrogen-bond acceptors (Lipinski definition) is 5. The Balaban J connectivity index is 1.19. The maximum Gasteiger partial charge on any atom is 0.303 e. The van der Waals surface area contributed by atoms with Crippen LogP contribution in [0.15, 0.2) is 72.9 Å². The number of nitrogens with one attached hydrogen (secondary N) is 1. The van der Waals surface area contributed by atoms with Crippen molar-refractivity contribution in [2.75, 3.05) is 7.11 Å². The summed E-state index contributed by atoms with van der Waals surface area (Å²) in [7, 11) is 1.61. The summed E-state index contributed by atoms with van der Waals surface area (Å²) in [5.41, 5.74) is 5.33. The number of fused-ring (bicyclic) bond motifs is 2. The summed E-state index contributed by atoms with van der Waals surface area (Å²) in [6.07, 6.45) is 5.04. The number of benzene rings is 3. The SMILES string of the molecule is COc1ccc2cc(-c3ccc(Cn4ncc5cc(Cl)cc(C(=O)NC6CCC(CC(=O)O)CC6)c54)cc3)ccc2n1. The highest BCUT2D eigenvalue weighted by molar-refractivity contribution is 6.32. The fraction of sp³-hybridized carbons (Fsp3) is 0.273. The monoisotopic (exact) mass is 582 g/mol. The molecule has 2 N–H and O–H groups in total. The highest BCUT2D eigenvalue weighted by Gasteiger charge is 2.25. The van der Waals surface area contributed by atoms with Crippen molar-refractivity contribution in [3.63, 3.8) is 0 Å². The van der Waals surface area contributed by atoms with Crippen molar-refractivity contribution in [3.8, 4) is 17.0 Å². The molecule has 3 aromatic carbocycles. The van der Waals surface area contributed by atoms with Crippen LogP contribution in [0.3, 0.4) is 0 Å². The van der Waals surface area contributed by atoms with E-state index in [1.807, 2.05) is 28.9 Å². The summed E-state index contributed by atoms with van der Waals surface area (Å²) < 4.78 is 7.07. The van der Waals surface area contributed by atoms with E-state index in [0.717, 1.165) is 64.2 Å². The Morgan fingerprint density at radius 1 is 0.976 bits per heavy atom. The average Bonchev–Trinajstić information content (AvgIpc) is 3.39. The van der Waals surface area contributed by atoms with Gasteiger partial charge >= 0.3 is 5.97 Å². The third-order valence-corrected chi connectivity index (χ3v) is 8.30. The number of amides is 1. The molecule has 0 radical (unpaired) electrons. The molecule has 1 aliphatic carbocycles. The van der Waals surface area contributed by atoms with Crippen LogP contribution in [0.25, 0.3) is 32.9 Å². The molecule has 0 spiro atoms. The van der Waals surface area contributed by atoms with Gasteiger partial charge in [0.05, 0.1) is 36.4 Å². The number of nitrogens with zero attached hydrogens (tertiary/aromatic N) is 3. The minimum absolute atomic E-state index is 0.00779. The van der Waals surface area contributed by atoms with Crippen molar-refractivity contribution in [1.29, 1.82) is 0 Å². The fourth-order valence-corrected chi connectivity index (χ4v) is 6.11. The molecule has 1 fully saturated rings. The number of carbonyl (C=O) groups excluding carboxylic acids is 1. The topological polar surface area (TPSA) is 106 Å². The van der Waals surface area contributed by atoms with Crippen LogP contribution in [0, 0.1) is 5.92 Å². The number of pyridine rings is 1. The van der Waals surface area contributed by atoms with Crippen LogP contribution in [0.1, 0.15) is 48.0 Å². The van der Waals surface area contributed by atoms with Gasteiger partial charge in [-0.25, -0.2) is 4.98 Å². The van der Waals surface area contributed by atoms with Crippen molar-refractivity contribution >= 4 is 45.3 Å². The molecule has 6 rings (SSSR count). The highest BCUT2D eigenvalue weighted by atomic mass is 35.5. The molecule has 1 aliphatic rings. The van der Waals surface area contributed by atoms with E-state index in [0.29, 0.717) is 23.0 Å². The summed E-state index contributed by atoms with van der Waals surface area (Å²) in [6, 6.07) is 21.9. The van der Waals surface area contributed by atoms with Gasteiger partial charge in [0.2, 0.25) is 5.88 Å². The normalized spacial score (nSPS) is 16.9. The van der Waals surface area contributed by atoms with Crippen molar-refractivity contribution in [2.45, 2.75) is 44.7 Å². The van der Waals surface area contributed by atoms with Gasteiger partial charge in [-0.3, -0.25) is 14.3 Å². The second kappa shape index (κ2) is 11.8. The molecular weight excluding hydrogens is 552 g/mol. The molecule has 9 heteroatoms. The van der Waals surface area contributed by atoms with E-state index in [1.54, 1.807) is 19.4 Å². The van der Waals surface area contributed by atoms with Gasteiger partial charge < -0.3 is 15.2 Å². The first-order valence-corrected chi connectivity index (χ1v) is 14.5. The van der Waals surface area contributed by atoms with Crippen LogP contribution in [0.5, 0.6) is 5.88 Å². The molecule has 5 aromatic rings. The van der Waals surface area contributed by atoms with Gasteiger partial charge in [-0.1, -0.05) is 41.9 Å². The van der Waals surface area contributed by atoms with Gasteiger partial charge in [0.25, 0.3) is 5.91 Å². The molecule has 1 saturated carbocycles. The van der Waals surface area contributed by atoms with Crippen molar-refractivity contribution in [3.05, 3.63) is 89.1 Å². The van der Waals surface area contributed by atoms with Crippen LogP contribution >= 0.6 is 11.6 Å². The van der Waals surface area contributed by atoms with Gasteiger partial charge in [-0.2, -0.15) is 5.10 Å². The number of aromatic nitrogens is 3. The van der Waals surface area contributed by atoms with E-state index in [2.05, 4.69) is 51.8 Å². The van der Waals surface area contributed by atoms with Gasteiger partial charge in [0.15, 0.2) is 0 Å². The summed E-state index contributed by atoms with van der Waals surface area (Å²) in [6.45, 7) is 0.493. The van der Waals surface area contributed by atoms with E-state index in [1.165, 1.54) is 0 Å². The van der Waals surface area contributed by atoms with Crippen molar-refractivity contribution in [2.24, 2.45) is 5.92 Å². The lowest BCUT2D eigenvalue weighted by atomic mass is 9.84. The lowest BCUT2D eigenvalue weighted by Crippen LogP contribution is -2.38. The number of rotatable bonds is 8. The highest BCUT2D eigenvalue weighted by Crippen LogP contribution is 2.30. The predicted molar refractivity (Wildman–Crippen MR) is 163 cm³/mol. The zero-order valence-electron chi connectivity index (χ0n) is 23.2. The standard InChI is InChI=1S/C33H31ClN4O4/c1-42-30-13-9-24-15-23(8-12-29(24)37-30)22-6-2-21(3-7-22)19-38-32-25(18-35-38)16-26(34)17-28(32)33(41)36-27-10-4-20(5-11-27)14-31(39)40/h2-3,6-9,12-13,15-18,20,27H,4-5,10-11,14,19H2,1H3,(H,36,41)(H,39,40). The van der Waals surface area contributed by atoms with E-state index >= 15 is 0 Å². The first-order valence-electron chi connectivity index (χ1n) is 14.1. The molecule has 0 aliphatic heterocycles. The Morgan fingerprint density at radius 3 is 2.48 bits per heavy atom. The van der Waals surface area contributed by atoms with Crippen LogP contribution < -0.4 is 10.1 Å². The zero-order chi connectivity index (χ0) is 29.2. The predicted octanol–water partition coefficient (Wildman–Crippen LogP) is 6.73. The lowest BCUT2D eigenvalue weighted by molar-refractivity contribution is -0.138. The van der Waals surface area contributed by atoms with E-state index in [9.17, 15) is 9.59 Å². The largest absolute Gasteiger partial charge is 0.481 e. The van der Waals surface area contributed by atoms with Crippen molar-refractivity contribution < 1.29 is 19.4 Å². The maximum absolute atomic E-state index is 13.5. The van der Waals surface area contributed by atoms with E-state index in [-0.39, 0.29) is 24.3 Å². The van der Waals surface area contributed by atoms with Gasteiger partial charge in [-0.05, 0) is 78.6 Å². The van der Waals surface area contributed by atoms with E-state index in [4.69, 9.17) is 21.4 Å². The summed E-state index contributed by atoms with van der Waals surface area (Å²) in [5, 5.41) is 19.2. The minimum Gasteiger partial charge on any atom is -0.481 e. The molecule has 0 unspecified atom stereocenters. The molecule has 42 heavy (non-hydrogen) atoms. The molecular formula is C33H31ClN4O4. The summed E-state index contributed by atoms with van der Waals surface area (Å²) in [5.74, 6) is -0.193. The number of halogens is 1. The third-order valence-electron chi connectivity index (χ3n) is 8.08. The number of hydrogen-bond donors (Lipinski definition) is 2. The van der Waals surface area contributed by atoms with E-state index < -0.39 is 5.97 Å². The molecule has 2 heterocycles. The smallest absolute Gasteiger partial charge is 0.303 e. The molecule has 214 valence electrons. The first-order chi connectivity index (χ1) is 20.4. The zero-order valence-corrected chi connectivity index (χ0v) is 24.0. The van der Waals surface area contributed by atoms with Crippen LogP contribution in [-0.2, 0) is 11.3 Å². The molecule has 1 amide bonds. The number of aliphatic carboxylic acids is 1. The number of methoxy groups -OCH3 is 1. The lowest BCUT2D eigenvalue weighted by Gasteiger charge is -2.28. The number of ether oxygens (including phenoxy) is 1. The van der Waals surface area contributed by atoms with Gasteiger partial charge in [-0.15, -0.1) is 0 Å². The van der Waals surface area contributed by atoms with Gasteiger partial charge in [0, 0.05) is 34.3 Å². The fourth-order valence-electron chi connectivity index (χ4n) is 5.89. The molecule has 2 aromatic heterocycles. The Hall–Kier alpha value is -4.43. The summed E-state index contributed by atoms with van der Waals surface area (Å²) >= 11 is 6.39. The molecule has 0 saturated heterocycles. The number of carboxylic acid groups (broad SMARTS) is 1. The minimum atomic E-state index is -0.765. The molecule has 0 bridgehead atoms. The third kappa shape index (κ3) is 5.94. The Kier molecular flexibility index (Phi) is 7.80. The Labute approximate surface area is 248 Å². The maximum atomic E-state index is 13.5. The summed E-state index contributed by atoms with van der Waals surface area (Å²) in [4.78, 5) is 29.0. The first kappa shape index (κ1) is 27.7. The molecule has 8 nitrogen and oxygen atoms in total. The number of carboxylic acids is 1. The Morgan fingerprint density at radius 2 is 1.74 bits per heavy atom. The quantitative estimate of drug-likeness (QED) is 0.210. The second-order valence-electron chi connectivity index (χ2n) is 10.9. The number of carbonyl (C=O) groups is 2.